The molecule has 1 fully saturated rings. The molecule has 0 bridgehead atoms. The first-order chi connectivity index (χ1) is 8.69. The topological polar surface area (TPSA) is 17.1 Å². The van der Waals surface area contributed by atoms with E-state index in [0.717, 1.165) is 18.8 Å². The van der Waals surface area contributed by atoms with Gasteiger partial charge in [-0.1, -0.05) is 56.0 Å². The molecule has 1 aromatic rings. The highest BCUT2D eigenvalue weighted by molar-refractivity contribution is 5.83. The Bertz CT molecular complexity index is 408. The van der Waals surface area contributed by atoms with Crippen LogP contribution in [0.15, 0.2) is 24.3 Å². The third kappa shape index (κ3) is 3.44. The zero-order valence-corrected chi connectivity index (χ0v) is 11.6. The third-order valence-electron chi connectivity index (χ3n) is 4.28. The van der Waals surface area contributed by atoms with Crippen molar-refractivity contribution in [3.8, 4) is 0 Å². The minimum absolute atomic E-state index is 0.323. The molecule has 1 heteroatoms. The smallest absolute Gasteiger partial charge is 0.140 e. The van der Waals surface area contributed by atoms with Crippen LogP contribution in [0, 0.1) is 18.8 Å². The van der Waals surface area contributed by atoms with Gasteiger partial charge in [0.25, 0.3) is 0 Å². The molecule has 0 aromatic heterocycles. The summed E-state index contributed by atoms with van der Waals surface area (Å²) in [6.45, 7) is 4.33. The molecule has 0 heterocycles. The number of Topliss-reactive ketones (excluding diaryl/α,β-unsaturated/α-hetero) is 1. The molecular weight excluding hydrogens is 220 g/mol. The predicted molar refractivity (Wildman–Crippen MR) is 75.6 cm³/mol. The molecule has 2 unspecified atom stereocenters. The molecule has 1 nitrogen and oxygen atoms in total. The van der Waals surface area contributed by atoms with E-state index in [-0.39, 0.29) is 0 Å². The lowest BCUT2D eigenvalue weighted by atomic mass is 9.77. The number of hydrogen-bond acceptors (Lipinski definition) is 1. The van der Waals surface area contributed by atoms with E-state index in [9.17, 15) is 4.79 Å². The summed E-state index contributed by atoms with van der Waals surface area (Å²) in [4.78, 5) is 12.3. The van der Waals surface area contributed by atoms with E-state index in [4.69, 9.17) is 0 Å². The molecule has 1 aliphatic rings. The molecule has 1 saturated carbocycles. The van der Waals surface area contributed by atoms with Gasteiger partial charge in [0, 0.05) is 12.3 Å². The van der Waals surface area contributed by atoms with Gasteiger partial charge in [-0.3, -0.25) is 4.79 Å². The quantitative estimate of drug-likeness (QED) is 0.770. The van der Waals surface area contributed by atoms with Crippen molar-refractivity contribution in [3.63, 3.8) is 0 Å². The molecule has 1 aromatic carbocycles. The first-order valence-electron chi connectivity index (χ1n) is 7.27. The van der Waals surface area contributed by atoms with E-state index in [1.807, 2.05) is 6.07 Å². The molecule has 0 aliphatic heterocycles. The number of hydrogen-bond donors (Lipinski definition) is 0. The Morgan fingerprint density at radius 1 is 1.33 bits per heavy atom. The van der Waals surface area contributed by atoms with Crippen LogP contribution in [0.3, 0.4) is 0 Å². The van der Waals surface area contributed by atoms with Crippen molar-refractivity contribution in [3.05, 3.63) is 35.4 Å². The summed E-state index contributed by atoms with van der Waals surface area (Å²) in [5.41, 5.74) is 2.43. The molecule has 18 heavy (non-hydrogen) atoms. The highest BCUT2D eigenvalue weighted by atomic mass is 16.1. The van der Waals surface area contributed by atoms with Gasteiger partial charge in [-0.2, -0.15) is 0 Å². The second-order valence-electron chi connectivity index (χ2n) is 5.77. The van der Waals surface area contributed by atoms with E-state index in [0.29, 0.717) is 18.1 Å². The van der Waals surface area contributed by atoms with Crippen LogP contribution in [0.25, 0.3) is 0 Å². The lowest BCUT2D eigenvalue weighted by Crippen LogP contribution is -2.24. The van der Waals surface area contributed by atoms with Crippen LogP contribution in [-0.2, 0) is 11.2 Å². The minimum Gasteiger partial charge on any atom is -0.299 e. The van der Waals surface area contributed by atoms with Gasteiger partial charge in [-0.05, 0) is 31.2 Å². The van der Waals surface area contributed by atoms with Crippen LogP contribution in [0.5, 0.6) is 0 Å². The Morgan fingerprint density at radius 2 is 2.17 bits per heavy atom. The van der Waals surface area contributed by atoms with Crippen molar-refractivity contribution in [2.75, 3.05) is 0 Å². The summed E-state index contributed by atoms with van der Waals surface area (Å²) in [7, 11) is 0. The SMILES string of the molecule is CCC1CCCC(C(=O)Cc2cccc(C)c2)C1. The largest absolute Gasteiger partial charge is 0.299 e. The second-order valence-corrected chi connectivity index (χ2v) is 5.77. The molecule has 1 aliphatic carbocycles. The summed E-state index contributed by atoms with van der Waals surface area (Å²) in [5, 5.41) is 0. The zero-order valence-electron chi connectivity index (χ0n) is 11.6. The molecule has 2 atom stereocenters. The Labute approximate surface area is 111 Å². The maximum Gasteiger partial charge on any atom is 0.140 e. The van der Waals surface area contributed by atoms with Crippen LogP contribution in [-0.4, -0.2) is 5.78 Å². The van der Waals surface area contributed by atoms with Gasteiger partial charge in [0.2, 0.25) is 0 Å². The highest BCUT2D eigenvalue weighted by Gasteiger charge is 2.25. The third-order valence-corrected chi connectivity index (χ3v) is 4.28. The maximum absolute atomic E-state index is 12.3. The molecule has 0 radical (unpaired) electrons. The van der Waals surface area contributed by atoms with Gasteiger partial charge < -0.3 is 0 Å². The fourth-order valence-corrected chi connectivity index (χ4v) is 3.12. The first-order valence-corrected chi connectivity index (χ1v) is 7.27. The maximum atomic E-state index is 12.3. The average Bonchev–Trinajstić information content (AvgIpc) is 2.39. The van der Waals surface area contributed by atoms with E-state index in [2.05, 4.69) is 32.0 Å². The van der Waals surface area contributed by atoms with Gasteiger partial charge in [0.15, 0.2) is 0 Å². The zero-order chi connectivity index (χ0) is 13.0. The monoisotopic (exact) mass is 244 g/mol. The van der Waals surface area contributed by atoms with E-state index in [1.165, 1.54) is 30.4 Å². The van der Waals surface area contributed by atoms with Crippen LogP contribution in [0.4, 0.5) is 0 Å². The van der Waals surface area contributed by atoms with Crippen LogP contribution in [0.2, 0.25) is 0 Å². The van der Waals surface area contributed by atoms with Gasteiger partial charge in [-0.15, -0.1) is 0 Å². The van der Waals surface area contributed by atoms with Crippen LogP contribution in [0.1, 0.15) is 50.2 Å². The fourth-order valence-electron chi connectivity index (χ4n) is 3.12. The number of carbonyl (C=O) groups excluding carboxylic acids is 1. The molecule has 0 spiro atoms. The molecule has 0 amide bonds. The Hall–Kier alpha value is -1.11. The van der Waals surface area contributed by atoms with Crippen molar-refractivity contribution in [1.82, 2.24) is 0 Å². The van der Waals surface area contributed by atoms with Crippen molar-refractivity contribution >= 4 is 5.78 Å². The summed E-state index contributed by atoms with van der Waals surface area (Å²) in [6, 6.07) is 8.35. The van der Waals surface area contributed by atoms with Crippen molar-refractivity contribution in [1.29, 1.82) is 0 Å². The highest BCUT2D eigenvalue weighted by Crippen LogP contribution is 2.32. The summed E-state index contributed by atoms with van der Waals surface area (Å²) in [6.07, 6.45) is 6.66. The Kier molecular flexibility index (Phi) is 4.57. The van der Waals surface area contributed by atoms with Gasteiger partial charge in [0.1, 0.15) is 5.78 Å². The minimum atomic E-state index is 0.323. The first kappa shape index (κ1) is 13.3. The van der Waals surface area contributed by atoms with Crippen molar-refractivity contribution in [2.24, 2.45) is 11.8 Å². The van der Waals surface area contributed by atoms with Crippen molar-refractivity contribution in [2.45, 2.75) is 52.4 Å². The standard InChI is InChI=1S/C17H24O/c1-3-14-7-5-9-16(11-14)17(18)12-15-8-4-6-13(2)10-15/h4,6,8,10,14,16H,3,5,7,9,11-12H2,1-2H3. The summed E-state index contributed by atoms with van der Waals surface area (Å²) < 4.78 is 0. The average molecular weight is 244 g/mol. The Balaban J connectivity index is 1.95. The second kappa shape index (κ2) is 6.17. The van der Waals surface area contributed by atoms with Gasteiger partial charge >= 0.3 is 0 Å². The predicted octanol–water partition coefficient (Wildman–Crippen LogP) is 4.32. The molecule has 0 N–H and O–H groups in total. The normalized spacial score (nSPS) is 23.9. The van der Waals surface area contributed by atoms with Gasteiger partial charge in [-0.25, -0.2) is 0 Å². The fraction of sp³-hybridized carbons (Fsp3) is 0.588. The Morgan fingerprint density at radius 3 is 2.89 bits per heavy atom. The van der Waals surface area contributed by atoms with Crippen LogP contribution >= 0.6 is 0 Å². The van der Waals surface area contributed by atoms with Crippen LogP contribution < -0.4 is 0 Å². The molecular formula is C17H24O. The summed E-state index contributed by atoms with van der Waals surface area (Å²) >= 11 is 0. The number of rotatable bonds is 4. The summed E-state index contributed by atoms with van der Waals surface area (Å²) in [5.74, 6) is 1.56. The number of aryl methyl sites for hydroxylation is 1. The number of ketones is 1. The lowest BCUT2D eigenvalue weighted by molar-refractivity contribution is -0.123. The van der Waals surface area contributed by atoms with E-state index in [1.54, 1.807) is 0 Å². The molecule has 0 saturated heterocycles. The molecule has 2 rings (SSSR count). The van der Waals surface area contributed by atoms with E-state index >= 15 is 0 Å². The number of benzene rings is 1. The van der Waals surface area contributed by atoms with Crippen molar-refractivity contribution < 1.29 is 4.79 Å². The van der Waals surface area contributed by atoms with Gasteiger partial charge in [0.05, 0.1) is 0 Å². The molecule has 98 valence electrons. The lowest BCUT2D eigenvalue weighted by Gasteiger charge is -2.27. The van der Waals surface area contributed by atoms with E-state index < -0.39 is 0 Å². The number of carbonyl (C=O) groups is 1.